The summed E-state index contributed by atoms with van der Waals surface area (Å²) in [6.45, 7) is 0.799. The number of rotatable bonds is 4. The van der Waals surface area contributed by atoms with Gasteiger partial charge in [-0.1, -0.05) is 17.9 Å². The predicted molar refractivity (Wildman–Crippen MR) is 79.0 cm³/mol. The van der Waals surface area contributed by atoms with Gasteiger partial charge < -0.3 is 10.2 Å². The zero-order valence-electron chi connectivity index (χ0n) is 11.7. The van der Waals surface area contributed by atoms with E-state index in [0.717, 1.165) is 0 Å². The van der Waals surface area contributed by atoms with E-state index in [1.165, 1.54) is 4.31 Å². The van der Waals surface area contributed by atoms with Gasteiger partial charge in [-0.3, -0.25) is 0 Å². The molecule has 0 radical (unpaired) electrons. The molecule has 1 saturated heterocycles. The molecule has 1 fully saturated rings. The van der Waals surface area contributed by atoms with Gasteiger partial charge in [0.2, 0.25) is 10.0 Å². The molecule has 21 heavy (non-hydrogen) atoms. The van der Waals surface area contributed by atoms with Crippen molar-refractivity contribution >= 4 is 10.0 Å². The summed E-state index contributed by atoms with van der Waals surface area (Å²) >= 11 is 0. The Hall–Kier alpha value is -1.39. The Bertz CT molecular complexity index is 645. The summed E-state index contributed by atoms with van der Waals surface area (Å²) in [5, 5.41) is 17.8. The van der Waals surface area contributed by atoms with Gasteiger partial charge in [0, 0.05) is 31.7 Å². The second kappa shape index (κ2) is 7.05. The van der Waals surface area contributed by atoms with Crippen LogP contribution in [0.15, 0.2) is 29.2 Å². The first kappa shape index (κ1) is 16.0. The fourth-order valence-corrected chi connectivity index (χ4v) is 3.85. The minimum Gasteiger partial charge on any atom is -0.396 e. The third-order valence-corrected chi connectivity index (χ3v) is 5.31. The summed E-state index contributed by atoms with van der Waals surface area (Å²) < 4.78 is 26.5. The van der Waals surface area contributed by atoms with Gasteiger partial charge >= 0.3 is 0 Å². The van der Waals surface area contributed by atoms with Crippen LogP contribution in [0.1, 0.15) is 18.4 Å². The highest BCUT2D eigenvalue weighted by molar-refractivity contribution is 7.89. The van der Waals surface area contributed by atoms with Crippen LogP contribution in [0.25, 0.3) is 0 Å². The zero-order chi connectivity index (χ0) is 15.3. The third kappa shape index (κ3) is 3.83. The lowest BCUT2D eigenvalue weighted by Gasteiger charge is -2.16. The zero-order valence-corrected chi connectivity index (χ0v) is 12.5. The van der Waals surface area contributed by atoms with Crippen molar-refractivity contribution in [1.29, 1.82) is 0 Å². The molecule has 0 amide bonds. The van der Waals surface area contributed by atoms with Crippen molar-refractivity contribution in [2.45, 2.75) is 17.7 Å². The van der Waals surface area contributed by atoms with Crippen molar-refractivity contribution in [1.82, 2.24) is 4.31 Å². The lowest BCUT2D eigenvalue weighted by atomic mass is 10.1. The molecule has 1 aromatic rings. The lowest BCUT2D eigenvalue weighted by Crippen LogP contribution is -2.29. The van der Waals surface area contributed by atoms with Crippen molar-refractivity contribution in [3.63, 3.8) is 0 Å². The summed E-state index contributed by atoms with van der Waals surface area (Å²) in [7, 11) is -3.53. The SMILES string of the molecule is O=S(=O)(c1cccc(C#CCCO)c1)N1CCC(CO)C1. The van der Waals surface area contributed by atoms with E-state index in [1.54, 1.807) is 24.3 Å². The van der Waals surface area contributed by atoms with Crippen LogP contribution in [0, 0.1) is 17.8 Å². The Balaban J connectivity index is 2.21. The van der Waals surface area contributed by atoms with Crippen molar-refractivity contribution in [3.05, 3.63) is 29.8 Å². The number of aliphatic hydroxyl groups excluding tert-OH is 2. The van der Waals surface area contributed by atoms with Gasteiger partial charge in [0.1, 0.15) is 0 Å². The molecule has 5 nitrogen and oxygen atoms in total. The largest absolute Gasteiger partial charge is 0.396 e. The molecule has 0 bridgehead atoms. The minimum atomic E-state index is -3.53. The smallest absolute Gasteiger partial charge is 0.243 e. The molecule has 0 aliphatic carbocycles. The molecule has 2 N–H and O–H groups in total. The molecule has 0 aromatic heterocycles. The number of hydrogen-bond acceptors (Lipinski definition) is 4. The van der Waals surface area contributed by atoms with Gasteiger partial charge in [0.25, 0.3) is 0 Å². The fourth-order valence-electron chi connectivity index (χ4n) is 2.27. The first-order valence-corrected chi connectivity index (χ1v) is 8.32. The van der Waals surface area contributed by atoms with E-state index in [4.69, 9.17) is 10.2 Å². The van der Waals surface area contributed by atoms with E-state index in [-0.39, 0.29) is 24.0 Å². The van der Waals surface area contributed by atoms with Crippen molar-refractivity contribution in [2.75, 3.05) is 26.3 Å². The van der Waals surface area contributed by atoms with Crippen LogP contribution in [0.3, 0.4) is 0 Å². The van der Waals surface area contributed by atoms with Crippen LogP contribution < -0.4 is 0 Å². The molecule has 6 heteroatoms. The molecule has 0 saturated carbocycles. The Labute approximate surface area is 125 Å². The van der Waals surface area contributed by atoms with Crippen molar-refractivity contribution in [2.24, 2.45) is 5.92 Å². The maximum absolute atomic E-state index is 12.5. The Morgan fingerprint density at radius 1 is 1.33 bits per heavy atom. The van der Waals surface area contributed by atoms with Crippen LogP contribution >= 0.6 is 0 Å². The minimum absolute atomic E-state index is 0.0126. The van der Waals surface area contributed by atoms with Gasteiger partial charge in [-0.15, -0.1) is 0 Å². The maximum Gasteiger partial charge on any atom is 0.243 e. The fraction of sp³-hybridized carbons (Fsp3) is 0.467. The van der Waals surface area contributed by atoms with E-state index in [1.807, 2.05) is 0 Å². The average molecular weight is 309 g/mol. The highest BCUT2D eigenvalue weighted by Crippen LogP contribution is 2.24. The van der Waals surface area contributed by atoms with E-state index < -0.39 is 10.0 Å². The first-order chi connectivity index (χ1) is 10.1. The number of benzene rings is 1. The van der Waals surface area contributed by atoms with Gasteiger partial charge in [0.15, 0.2) is 0 Å². The van der Waals surface area contributed by atoms with Gasteiger partial charge in [-0.25, -0.2) is 8.42 Å². The molecule has 0 spiro atoms. The number of nitrogens with zero attached hydrogens (tertiary/aromatic N) is 1. The Morgan fingerprint density at radius 2 is 2.14 bits per heavy atom. The highest BCUT2D eigenvalue weighted by atomic mass is 32.2. The topological polar surface area (TPSA) is 77.8 Å². The molecule has 1 aromatic carbocycles. The summed E-state index contributed by atoms with van der Waals surface area (Å²) in [5.41, 5.74) is 0.613. The van der Waals surface area contributed by atoms with Crippen molar-refractivity contribution < 1.29 is 18.6 Å². The molecule has 1 unspecified atom stereocenters. The molecular formula is C15H19NO4S. The standard InChI is InChI=1S/C15H19NO4S/c17-9-2-1-4-13-5-3-6-15(10-13)21(19,20)16-8-7-14(11-16)12-18/h3,5-6,10,14,17-18H,2,7-9,11-12H2. The van der Waals surface area contributed by atoms with Gasteiger partial charge in [-0.05, 0) is 30.5 Å². The summed E-state index contributed by atoms with van der Waals surface area (Å²) in [4.78, 5) is 0.219. The number of aliphatic hydroxyl groups is 2. The van der Waals surface area contributed by atoms with Crippen LogP contribution in [0.2, 0.25) is 0 Å². The molecule has 1 aliphatic rings. The third-order valence-electron chi connectivity index (χ3n) is 3.45. The lowest BCUT2D eigenvalue weighted by molar-refractivity contribution is 0.233. The number of hydrogen-bond donors (Lipinski definition) is 2. The van der Waals surface area contributed by atoms with Gasteiger partial charge in [0.05, 0.1) is 11.5 Å². The number of sulfonamides is 1. The van der Waals surface area contributed by atoms with Crippen LogP contribution in [-0.2, 0) is 10.0 Å². The van der Waals surface area contributed by atoms with Crippen LogP contribution in [0.5, 0.6) is 0 Å². The molecule has 114 valence electrons. The maximum atomic E-state index is 12.5. The monoisotopic (exact) mass is 309 g/mol. The van der Waals surface area contributed by atoms with E-state index >= 15 is 0 Å². The first-order valence-electron chi connectivity index (χ1n) is 6.88. The molecule has 1 aliphatic heterocycles. The van der Waals surface area contributed by atoms with Crippen molar-refractivity contribution in [3.8, 4) is 11.8 Å². The highest BCUT2D eigenvalue weighted by Gasteiger charge is 2.32. The Morgan fingerprint density at radius 3 is 2.81 bits per heavy atom. The Kier molecular flexibility index (Phi) is 5.37. The van der Waals surface area contributed by atoms with Crippen LogP contribution in [0.4, 0.5) is 0 Å². The van der Waals surface area contributed by atoms with Crippen LogP contribution in [-0.4, -0.2) is 49.2 Å². The van der Waals surface area contributed by atoms with Gasteiger partial charge in [-0.2, -0.15) is 4.31 Å². The second-order valence-corrected chi connectivity index (χ2v) is 6.94. The van der Waals surface area contributed by atoms with E-state index in [2.05, 4.69) is 11.8 Å². The van der Waals surface area contributed by atoms with E-state index in [0.29, 0.717) is 31.5 Å². The predicted octanol–water partition coefficient (Wildman–Crippen LogP) is 0.423. The summed E-state index contributed by atoms with van der Waals surface area (Å²) in [6, 6.07) is 6.50. The van der Waals surface area contributed by atoms with E-state index in [9.17, 15) is 8.42 Å². The molecule has 1 atom stereocenters. The second-order valence-electron chi connectivity index (χ2n) is 5.00. The summed E-state index contributed by atoms with van der Waals surface area (Å²) in [6.07, 6.45) is 1.05. The molecular weight excluding hydrogens is 290 g/mol. The normalized spacial score (nSPS) is 19.2. The molecule has 1 heterocycles. The summed E-state index contributed by atoms with van der Waals surface area (Å²) in [5.74, 6) is 5.63. The molecule has 2 rings (SSSR count). The quantitative estimate of drug-likeness (QED) is 0.790. The average Bonchev–Trinajstić information content (AvgIpc) is 2.97.